The molecule has 0 bridgehead atoms. The topological polar surface area (TPSA) is 73.6 Å². The van der Waals surface area contributed by atoms with Gasteiger partial charge in [-0.25, -0.2) is 9.37 Å². The van der Waals surface area contributed by atoms with Crippen molar-refractivity contribution in [2.45, 2.75) is 6.92 Å². The second-order valence-electron chi connectivity index (χ2n) is 3.91. The van der Waals surface area contributed by atoms with Gasteiger partial charge in [-0.1, -0.05) is 6.07 Å². The predicted molar refractivity (Wildman–Crippen MR) is 70.7 cm³/mol. The quantitative estimate of drug-likeness (QED) is 0.884. The fourth-order valence-corrected chi connectivity index (χ4v) is 1.53. The number of anilines is 3. The molecule has 0 aliphatic heterocycles. The molecule has 19 heavy (non-hydrogen) atoms. The molecule has 0 radical (unpaired) electrons. The van der Waals surface area contributed by atoms with Crippen molar-refractivity contribution in [3.63, 3.8) is 0 Å². The molecule has 1 aromatic carbocycles. The maximum Gasteiger partial charge on any atom is 0.224 e. The van der Waals surface area contributed by atoms with E-state index in [4.69, 9.17) is 5.26 Å². The van der Waals surface area contributed by atoms with Gasteiger partial charge in [-0.15, -0.1) is 0 Å². The zero-order valence-electron chi connectivity index (χ0n) is 10.5. The summed E-state index contributed by atoms with van der Waals surface area (Å²) in [6, 6.07) is 7.18. The lowest BCUT2D eigenvalue weighted by Crippen LogP contribution is -2.04. The van der Waals surface area contributed by atoms with Crippen molar-refractivity contribution in [2.75, 3.05) is 17.7 Å². The van der Waals surface area contributed by atoms with Crippen LogP contribution in [0.25, 0.3) is 0 Å². The van der Waals surface area contributed by atoms with E-state index in [1.807, 2.05) is 13.0 Å². The molecule has 0 saturated heterocycles. The first-order chi connectivity index (χ1) is 9.13. The van der Waals surface area contributed by atoms with Crippen LogP contribution in [0.15, 0.2) is 24.4 Å². The minimum Gasteiger partial charge on any atom is -0.357 e. The summed E-state index contributed by atoms with van der Waals surface area (Å²) in [6.45, 7) is 1.86. The van der Waals surface area contributed by atoms with Crippen LogP contribution in [0, 0.1) is 24.1 Å². The number of rotatable bonds is 3. The Balaban J connectivity index is 2.38. The monoisotopic (exact) mass is 257 g/mol. The van der Waals surface area contributed by atoms with Crippen molar-refractivity contribution in [2.24, 2.45) is 0 Å². The van der Waals surface area contributed by atoms with Gasteiger partial charge >= 0.3 is 0 Å². The van der Waals surface area contributed by atoms with Crippen LogP contribution in [-0.4, -0.2) is 17.0 Å². The molecular formula is C13H12FN5. The summed E-state index contributed by atoms with van der Waals surface area (Å²) in [5.41, 5.74) is 2.03. The number of benzene rings is 1. The SMILES string of the molecule is CNc1ncc(F)c(Nc2cc(C#N)ccc2C)n1. The Hall–Kier alpha value is -2.68. The highest BCUT2D eigenvalue weighted by atomic mass is 19.1. The molecule has 6 heteroatoms. The zero-order chi connectivity index (χ0) is 13.8. The van der Waals surface area contributed by atoms with Gasteiger partial charge in [0.05, 0.1) is 17.8 Å². The van der Waals surface area contributed by atoms with Crippen molar-refractivity contribution >= 4 is 17.5 Å². The Morgan fingerprint density at radius 3 is 2.84 bits per heavy atom. The number of nitrogens with zero attached hydrogens (tertiary/aromatic N) is 3. The van der Waals surface area contributed by atoms with Crippen LogP contribution in [0.4, 0.5) is 21.8 Å². The van der Waals surface area contributed by atoms with Crippen molar-refractivity contribution in [1.82, 2.24) is 9.97 Å². The predicted octanol–water partition coefficient (Wildman–Crippen LogP) is 2.58. The summed E-state index contributed by atoms with van der Waals surface area (Å²) in [7, 11) is 1.65. The number of hydrogen-bond donors (Lipinski definition) is 2. The molecule has 0 atom stereocenters. The Bertz CT molecular complexity index is 648. The van der Waals surface area contributed by atoms with Gasteiger partial charge in [-0.3, -0.25) is 0 Å². The number of nitrogens with one attached hydrogen (secondary N) is 2. The smallest absolute Gasteiger partial charge is 0.224 e. The highest BCUT2D eigenvalue weighted by Crippen LogP contribution is 2.22. The molecule has 1 aromatic heterocycles. The first-order valence-corrected chi connectivity index (χ1v) is 5.62. The molecule has 2 rings (SSSR count). The maximum absolute atomic E-state index is 13.6. The normalized spacial score (nSPS) is 9.79. The lowest BCUT2D eigenvalue weighted by molar-refractivity contribution is 0.619. The van der Waals surface area contributed by atoms with Gasteiger partial charge in [0.15, 0.2) is 11.6 Å². The maximum atomic E-state index is 13.6. The van der Waals surface area contributed by atoms with Crippen molar-refractivity contribution in [3.8, 4) is 6.07 Å². The fourth-order valence-electron chi connectivity index (χ4n) is 1.53. The Labute approximate surface area is 110 Å². The number of hydrogen-bond acceptors (Lipinski definition) is 5. The molecule has 96 valence electrons. The standard InChI is InChI=1S/C13H12FN5/c1-8-3-4-9(6-15)5-11(8)18-12-10(14)7-17-13(16-2)19-12/h3-5,7H,1-2H3,(H2,16,17,18,19). The molecule has 0 spiro atoms. The molecule has 0 saturated carbocycles. The average molecular weight is 257 g/mol. The summed E-state index contributed by atoms with van der Waals surface area (Å²) in [6.07, 6.45) is 1.09. The Morgan fingerprint density at radius 1 is 1.37 bits per heavy atom. The number of aromatic nitrogens is 2. The molecular weight excluding hydrogens is 245 g/mol. The minimum atomic E-state index is -0.555. The first kappa shape index (κ1) is 12.8. The molecule has 0 fully saturated rings. The van der Waals surface area contributed by atoms with E-state index < -0.39 is 5.82 Å². The van der Waals surface area contributed by atoms with Crippen LogP contribution in [-0.2, 0) is 0 Å². The van der Waals surface area contributed by atoms with Crippen LogP contribution in [0.5, 0.6) is 0 Å². The van der Waals surface area contributed by atoms with Crippen LogP contribution in [0.3, 0.4) is 0 Å². The number of halogens is 1. The van der Waals surface area contributed by atoms with Gasteiger partial charge in [0.2, 0.25) is 5.95 Å². The van der Waals surface area contributed by atoms with Gasteiger partial charge in [0, 0.05) is 12.7 Å². The molecule has 0 amide bonds. The van der Waals surface area contributed by atoms with Crippen LogP contribution in [0.2, 0.25) is 0 Å². The first-order valence-electron chi connectivity index (χ1n) is 5.62. The Morgan fingerprint density at radius 2 is 2.16 bits per heavy atom. The molecule has 5 nitrogen and oxygen atoms in total. The van der Waals surface area contributed by atoms with Gasteiger partial charge in [-0.2, -0.15) is 10.2 Å². The van der Waals surface area contributed by atoms with Gasteiger partial charge < -0.3 is 10.6 Å². The lowest BCUT2D eigenvalue weighted by Gasteiger charge is -2.10. The van der Waals surface area contributed by atoms with E-state index in [0.29, 0.717) is 17.2 Å². The van der Waals surface area contributed by atoms with Crippen LogP contribution < -0.4 is 10.6 Å². The van der Waals surface area contributed by atoms with Gasteiger partial charge in [0.1, 0.15) is 0 Å². The molecule has 0 aliphatic carbocycles. The van der Waals surface area contributed by atoms with Crippen LogP contribution in [0.1, 0.15) is 11.1 Å². The van der Waals surface area contributed by atoms with E-state index in [9.17, 15) is 4.39 Å². The highest BCUT2D eigenvalue weighted by Gasteiger charge is 2.08. The van der Waals surface area contributed by atoms with Gasteiger partial charge in [0.25, 0.3) is 0 Å². The van der Waals surface area contributed by atoms with Crippen molar-refractivity contribution in [1.29, 1.82) is 5.26 Å². The molecule has 0 unspecified atom stereocenters. The van der Waals surface area contributed by atoms with E-state index in [-0.39, 0.29) is 5.82 Å². The summed E-state index contributed by atoms with van der Waals surface area (Å²) >= 11 is 0. The zero-order valence-corrected chi connectivity index (χ0v) is 10.5. The molecule has 1 heterocycles. The van der Waals surface area contributed by atoms with Crippen molar-refractivity contribution in [3.05, 3.63) is 41.3 Å². The summed E-state index contributed by atoms with van der Waals surface area (Å²) in [5, 5.41) is 14.5. The van der Waals surface area contributed by atoms with E-state index in [0.717, 1.165) is 11.8 Å². The van der Waals surface area contributed by atoms with E-state index >= 15 is 0 Å². The van der Waals surface area contributed by atoms with Crippen molar-refractivity contribution < 1.29 is 4.39 Å². The third kappa shape index (κ3) is 2.77. The molecule has 0 aliphatic rings. The third-order valence-corrected chi connectivity index (χ3v) is 2.59. The van der Waals surface area contributed by atoms with E-state index in [2.05, 4.69) is 20.6 Å². The largest absolute Gasteiger partial charge is 0.357 e. The van der Waals surface area contributed by atoms with Crippen LogP contribution >= 0.6 is 0 Å². The fraction of sp³-hybridized carbons (Fsp3) is 0.154. The minimum absolute atomic E-state index is 0.0672. The van der Waals surface area contributed by atoms with E-state index in [1.54, 1.807) is 25.2 Å². The summed E-state index contributed by atoms with van der Waals surface area (Å²) in [5.74, 6) is -0.170. The summed E-state index contributed by atoms with van der Waals surface area (Å²) < 4.78 is 13.6. The highest BCUT2D eigenvalue weighted by molar-refractivity contribution is 5.63. The number of aryl methyl sites for hydroxylation is 1. The number of nitriles is 1. The summed E-state index contributed by atoms with van der Waals surface area (Å²) in [4.78, 5) is 7.76. The Kier molecular flexibility index (Phi) is 3.57. The lowest BCUT2D eigenvalue weighted by atomic mass is 10.1. The molecule has 2 aromatic rings. The third-order valence-electron chi connectivity index (χ3n) is 2.59. The van der Waals surface area contributed by atoms with E-state index in [1.165, 1.54) is 0 Å². The second-order valence-corrected chi connectivity index (χ2v) is 3.91. The molecule has 2 N–H and O–H groups in total. The van der Waals surface area contributed by atoms with Gasteiger partial charge in [-0.05, 0) is 24.6 Å². The average Bonchev–Trinajstić information content (AvgIpc) is 2.43. The second kappa shape index (κ2) is 5.31.